The van der Waals surface area contributed by atoms with Gasteiger partial charge in [-0.2, -0.15) is 4.98 Å². The van der Waals surface area contributed by atoms with E-state index in [0.29, 0.717) is 29.9 Å². The molecule has 4 aromatic rings. The van der Waals surface area contributed by atoms with Crippen molar-refractivity contribution in [3.8, 4) is 11.3 Å². The third-order valence-electron chi connectivity index (χ3n) is 4.07. The van der Waals surface area contributed by atoms with E-state index in [1.54, 1.807) is 12.5 Å². The number of hydrogen-bond donors (Lipinski definition) is 2. The second-order valence-electron chi connectivity index (χ2n) is 5.69. The Balaban J connectivity index is 1.83. The Kier molecular flexibility index (Phi) is 3.62. The van der Waals surface area contributed by atoms with Gasteiger partial charge in [0.05, 0.1) is 12.0 Å². The molecule has 122 valence electrons. The number of H-pyrrole nitrogens is 1. The summed E-state index contributed by atoms with van der Waals surface area (Å²) >= 11 is 0. The average molecular weight is 323 g/mol. The van der Waals surface area contributed by atoms with Crippen molar-refractivity contribution < 1.29 is 5.11 Å². The van der Waals surface area contributed by atoms with Gasteiger partial charge in [0.2, 0.25) is 5.78 Å². The van der Waals surface area contributed by atoms with Gasteiger partial charge in [0.15, 0.2) is 11.2 Å². The minimum absolute atomic E-state index is 0.157. The van der Waals surface area contributed by atoms with E-state index in [1.165, 1.54) is 4.40 Å². The molecule has 7 heteroatoms. The smallest absolute Gasteiger partial charge is 0.287 e. The summed E-state index contributed by atoms with van der Waals surface area (Å²) in [6, 6.07) is 9.80. The number of aromatic amines is 1. The van der Waals surface area contributed by atoms with Gasteiger partial charge in [0.25, 0.3) is 5.56 Å². The lowest BCUT2D eigenvalue weighted by molar-refractivity contribution is 0.281. The summed E-state index contributed by atoms with van der Waals surface area (Å²) in [5.41, 5.74) is 2.56. The van der Waals surface area contributed by atoms with Crippen LogP contribution in [0.5, 0.6) is 0 Å². The summed E-state index contributed by atoms with van der Waals surface area (Å²) in [5.74, 6) is 0.496. The van der Waals surface area contributed by atoms with Crippen LogP contribution in [0.4, 0.5) is 0 Å². The Hall–Kier alpha value is -2.93. The quantitative estimate of drug-likeness (QED) is 0.548. The number of nitrogens with zero attached hydrogens (tertiary/aromatic N) is 4. The molecule has 24 heavy (non-hydrogen) atoms. The number of unbranched alkanes of at least 4 members (excludes halogenated alkanes) is 1. The monoisotopic (exact) mass is 323 g/mol. The fourth-order valence-electron chi connectivity index (χ4n) is 2.82. The molecule has 0 saturated heterocycles. The number of benzene rings is 1. The molecular weight excluding hydrogens is 306 g/mol. The van der Waals surface area contributed by atoms with Gasteiger partial charge in [-0.15, -0.1) is 0 Å². The Morgan fingerprint density at radius 1 is 1.17 bits per heavy atom. The van der Waals surface area contributed by atoms with E-state index < -0.39 is 0 Å². The molecular formula is C17H17N5O2. The molecule has 0 bridgehead atoms. The zero-order valence-electron chi connectivity index (χ0n) is 13.0. The van der Waals surface area contributed by atoms with E-state index in [4.69, 9.17) is 5.11 Å². The Morgan fingerprint density at radius 3 is 2.79 bits per heavy atom. The minimum atomic E-state index is -0.186. The predicted octanol–water partition coefficient (Wildman–Crippen LogP) is 1.81. The SMILES string of the molecule is O=c1c2ncn(CCCCO)c2nc2[nH]c(-c3ccccc3)cn12. The standard InChI is InChI=1S/C17H17N5O2/c23-9-5-4-8-21-11-18-14-15(21)20-17-19-13(10-22(17)16(14)24)12-6-2-1-3-7-12/h1-3,6-7,10-11,23H,4-5,8-9H2,(H,19,20). The first-order valence-corrected chi connectivity index (χ1v) is 7.90. The molecule has 7 nitrogen and oxygen atoms in total. The number of imidazole rings is 2. The van der Waals surface area contributed by atoms with Crippen LogP contribution in [0.25, 0.3) is 28.2 Å². The van der Waals surface area contributed by atoms with Crippen molar-refractivity contribution in [2.24, 2.45) is 0 Å². The molecule has 0 unspecified atom stereocenters. The van der Waals surface area contributed by atoms with Crippen LogP contribution in [-0.4, -0.2) is 35.6 Å². The van der Waals surface area contributed by atoms with Gasteiger partial charge in [0, 0.05) is 19.3 Å². The first-order chi connectivity index (χ1) is 11.8. The highest BCUT2D eigenvalue weighted by Crippen LogP contribution is 2.18. The maximum atomic E-state index is 12.7. The Labute approximate surface area is 137 Å². The summed E-state index contributed by atoms with van der Waals surface area (Å²) in [5, 5.41) is 8.91. The number of nitrogens with one attached hydrogen (secondary N) is 1. The third kappa shape index (κ3) is 2.39. The molecule has 0 atom stereocenters. The fourth-order valence-corrected chi connectivity index (χ4v) is 2.82. The van der Waals surface area contributed by atoms with Gasteiger partial charge in [0.1, 0.15) is 0 Å². The normalized spacial score (nSPS) is 11.5. The van der Waals surface area contributed by atoms with Crippen molar-refractivity contribution >= 4 is 16.9 Å². The van der Waals surface area contributed by atoms with Crippen molar-refractivity contribution in [1.29, 1.82) is 0 Å². The zero-order valence-corrected chi connectivity index (χ0v) is 13.0. The summed E-state index contributed by atoms with van der Waals surface area (Å²) < 4.78 is 3.35. The minimum Gasteiger partial charge on any atom is -0.396 e. The maximum absolute atomic E-state index is 12.7. The van der Waals surface area contributed by atoms with E-state index in [9.17, 15) is 4.79 Å². The molecule has 0 spiro atoms. The van der Waals surface area contributed by atoms with E-state index in [0.717, 1.165) is 17.7 Å². The molecule has 0 fully saturated rings. The number of aryl methyl sites for hydroxylation is 1. The molecule has 3 aromatic heterocycles. The number of hydrogen-bond acceptors (Lipinski definition) is 4. The number of aliphatic hydroxyl groups excluding tert-OH is 1. The highest BCUT2D eigenvalue weighted by molar-refractivity contribution is 5.73. The van der Waals surface area contributed by atoms with Crippen LogP contribution in [0.2, 0.25) is 0 Å². The van der Waals surface area contributed by atoms with Crippen LogP contribution in [-0.2, 0) is 6.54 Å². The zero-order chi connectivity index (χ0) is 16.5. The lowest BCUT2D eigenvalue weighted by Crippen LogP contribution is -2.14. The maximum Gasteiger partial charge on any atom is 0.287 e. The topological polar surface area (TPSA) is 88.2 Å². The van der Waals surface area contributed by atoms with E-state index in [2.05, 4.69) is 15.0 Å². The molecule has 1 aromatic carbocycles. The van der Waals surface area contributed by atoms with Crippen LogP contribution in [0.3, 0.4) is 0 Å². The van der Waals surface area contributed by atoms with Crippen molar-refractivity contribution in [2.45, 2.75) is 19.4 Å². The number of aromatic nitrogens is 5. The van der Waals surface area contributed by atoms with E-state index in [-0.39, 0.29) is 12.2 Å². The molecule has 0 amide bonds. The van der Waals surface area contributed by atoms with Crippen molar-refractivity contribution in [3.05, 3.63) is 53.2 Å². The van der Waals surface area contributed by atoms with Gasteiger partial charge in [-0.25, -0.2) is 9.38 Å². The van der Waals surface area contributed by atoms with E-state index >= 15 is 0 Å². The van der Waals surface area contributed by atoms with Gasteiger partial charge in [-0.05, 0) is 18.4 Å². The van der Waals surface area contributed by atoms with Crippen molar-refractivity contribution in [1.82, 2.24) is 23.9 Å². The fraction of sp³-hybridized carbons (Fsp3) is 0.235. The van der Waals surface area contributed by atoms with E-state index in [1.807, 2.05) is 34.9 Å². The summed E-state index contributed by atoms with van der Waals surface area (Å²) in [7, 11) is 0. The molecule has 0 saturated carbocycles. The largest absolute Gasteiger partial charge is 0.396 e. The van der Waals surface area contributed by atoms with Crippen LogP contribution in [0, 0.1) is 0 Å². The highest BCUT2D eigenvalue weighted by Gasteiger charge is 2.13. The first-order valence-electron chi connectivity index (χ1n) is 7.90. The van der Waals surface area contributed by atoms with Crippen molar-refractivity contribution in [3.63, 3.8) is 0 Å². The van der Waals surface area contributed by atoms with Gasteiger partial charge < -0.3 is 14.7 Å². The summed E-state index contributed by atoms with van der Waals surface area (Å²) in [6.07, 6.45) is 4.91. The highest BCUT2D eigenvalue weighted by atomic mass is 16.2. The molecule has 3 heterocycles. The molecule has 2 N–H and O–H groups in total. The molecule has 0 aliphatic heterocycles. The summed E-state index contributed by atoms with van der Waals surface area (Å²) in [4.78, 5) is 24.7. The van der Waals surface area contributed by atoms with Gasteiger partial charge in [-0.1, -0.05) is 30.3 Å². The average Bonchev–Trinajstić information content (AvgIpc) is 3.21. The first kappa shape index (κ1) is 14.6. The lowest BCUT2D eigenvalue weighted by Gasteiger charge is -2.02. The van der Waals surface area contributed by atoms with Gasteiger partial charge in [-0.3, -0.25) is 4.79 Å². The number of fused-ring (bicyclic) bond motifs is 2. The van der Waals surface area contributed by atoms with Gasteiger partial charge >= 0.3 is 0 Å². The molecule has 0 aliphatic carbocycles. The summed E-state index contributed by atoms with van der Waals surface area (Å²) in [6.45, 7) is 0.829. The predicted molar refractivity (Wildman–Crippen MR) is 90.9 cm³/mol. The Morgan fingerprint density at radius 2 is 2.00 bits per heavy atom. The van der Waals surface area contributed by atoms with Crippen LogP contribution < -0.4 is 5.56 Å². The third-order valence-corrected chi connectivity index (χ3v) is 4.07. The molecule has 0 radical (unpaired) electrons. The van der Waals surface area contributed by atoms with Crippen LogP contribution in [0.15, 0.2) is 47.7 Å². The lowest BCUT2D eigenvalue weighted by atomic mass is 10.2. The Bertz CT molecular complexity index is 1050. The number of aliphatic hydroxyl groups is 1. The van der Waals surface area contributed by atoms with Crippen LogP contribution >= 0.6 is 0 Å². The van der Waals surface area contributed by atoms with Crippen LogP contribution in [0.1, 0.15) is 12.8 Å². The second-order valence-corrected chi connectivity index (χ2v) is 5.69. The van der Waals surface area contributed by atoms with Crippen molar-refractivity contribution in [2.75, 3.05) is 6.61 Å². The number of rotatable bonds is 5. The second kappa shape index (κ2) is 5.93. The molecule has 0 aliphatic rings. The molecule has 4 rings (SSSR count).